The summed E-state index contributed by atoms with van der Waals surface area (Å²) in [6.45, 7) is 3.44. The van der Waals surface area contributed by atoms with Crippen LogP contribution in [0, 0.1) is 24.0 Å². The normalized spacial score (nSPS) is 11.1. The van der Waals surface area contributed by atoms with E-state index in [1.165, 1.54) is 36.4 Å². The SMILES string of the molecule is Cc1cc(C)nc(NS(=O)(=O)c2ccc(NC(=O)c3ccc(Cl)c([N+](=O)[O-])c3)cc2)n1. The lowest BCUT2D eigenvalue weighted by molar-refractivity contribution is -0.384. The molecule has 10 nitrogen and oxygen atoms in total. The van der Waals surface area contributed by atoms with Crippen molar-refractivity contribution in [2.24, 2.45) is 0 Å². The van der Waals surface area contributed by atoms with E-state index in [1.807, 2.05) is 0 Å². The Hall–Kier alpha value is -3.57. The third-order valence-corrected chi connectivity index (χ3v) is 5.70. The summed E-state index contributed by atoms with van der Waals surface area (Å²) in [4.78, 5) is 30.7. The number of hydrogen-bond donors (Lipinski definition) is 2. The van der Waals surface area contributed by atoms with Gasteiger partial charge in [-0.05, 0) is 56.3 Å². The van der Waals surface area contributed by atoms with E-state index in [2.05, 4.69) is 20.0 Å². The lowest BCUT2D eigenvalue weighted by Gasteiger charge is -2.09. The number of aromatic nitrogens is 2. The van der Waals surface area contributed by atoms with Crippen molar-refractivity contribution in [3.8, 4) is 0 Å². The summed E-state index contributed by atoms with van der Waals surface area (Å²) in [5.41, 5.74) is 1.16. The largest absolute Gasteiger partial charge is 0.322 e. The van der Waals surface area contributed by atoms with Crippen molar-refractivity contribution in [3.05, 3.63) is 80.6 Å². The van der Waals surface area contributed by atoms with Gasteiger partial charge in [-0.15, -0.1) is 0 Å². The second kappa shape index (κ2) is 8.66. The summed E-state index contributed by atoms with van der Waals surface area (Å²) >= 11 is 5.75. The van der Waals surface area contributed by atoms with E-state index in [4.69, 9.17) is 11.6 Å². The quantitative estimate of drug-likeness (QED) is 0.420. The van der Waals surface area contributed by atoms with E-state index < -0.39 is 26.5 Å². The molecule has 31 heavy (non-hydrogen) atoms. The van der Waals surface area contributed by atoms with Crippen molar-refractivity contribution in [2.75, 3.05) is 10.0 Å². The molecule has 1 aromatic heterocycles. The van der Waals surface area contributed by atoms with Crippen molar-refractivity contribution in [1.82, 2.24) is 9.97 Å². The van der Waals surface area contributed by atoms with Crippen molar-refractivity contribution < 1.29 is 18.1 Å². The molecule has 160 valence electrons. The van der Waals surface area contributed by atoms with E-state index in [9.17, 15) is 23.3 Å². The van der Waals surface area contributed by atoms with E-state index in [0.29, 0.717) is 17.1 Å². The van der Waals surface area contributed by atoms with Gasteiger partial charge in [0, 0.05) is 28.7 Å². The van der Waals surface area contributed by atoms with Gasteiger partial charge in [0.25, 0.3) is 21.6 Å². The molecule has 0 fully saturated rings. The molecule has 1 amide bonds. The number of anilines is 2. The zero-order chi connectivity index (χ0) is 22.8. The number of halogens is 1. The van der Waals surface area contributed by atoms with Crippen molar-refractivity contribution in [2.45, 2.75) is 18.7 Å². The fraction of sp³-hybridized carbons (Fsp3) is 0.105. The summed E-state index contributed by atoms with van der Waals surface area (Å²) in [6, 6.07) is 10.7. The van der Waals surface area contributed by atoms with Crippen LogP contribution in [0.1, 0.15) is 21.7 Å². The molecule has 2 aromatic carbocycles. The highest BCUT2D eigenvalue weighted by Crippen LogP contribution is 2.25. The number of nitrogens with zero attached hydrogens (tertiary/aromatic N) is 3. The summed E-state index contributed by atoms with van der Waals surface area (Å²) in [5, 5.41) is 13.4. The average Bonchev–Trinajstić information content (AvgIpc) is 2.67. The van der Waals surface area contributed by atoms with Crippen LogP contribution in [-0.2, 0) is 10.0 Å². The first-order chi connectivity index (χ1) is 14.5. The number of benzene rings is 2. The highest BCUT2D eigenvalue weighted by Gasteiger charge is 2.18. The van der Waals surface area contributed by atoms with E-state index >= 15 is 0 Å². The van der Waals surface area contributed by atoms with Gasteiger partial charge in [-0.25, -0.2) is 23.1 Å². The van der Waals surface area contributed by atoms with Crippen LogP contribution in [0.15, 0.2) is 53.4 Å². The van der Waals surface area contributed by atoms with Crippen LogP contribution in [0.3, 0.4) is 0 Å². The van der Waals surface area contributed by atoms with Crippen molar-refractivity contribution >= 4 is 44.9 Å². The molecule has 3 aromatic rings. The summed E-state index contributed by atoms with van der Waals surface area (Å²) in [7, 11) is -3.94. The van der Waals surface area contributed by atoms with E-state index in [1.54, 1.807) is 19.9 Å². The first kappa shape index (κ1) is 22.1. The standard InChI is InChI=1S/C19H16ClN5O5S/c1-11-9-12(2)22-19(21-11)24-31(29,30)15-6-4-14(5-7-15)23-18(26)13-3-8-16(20)17(10-13)25(27)28/h3-10H,1-2H3,(H,23,26)(H,21,22,24). The number of nitro benzene ring substituents is 1. The predicted octanol–water partition coefficient (Wildman–Crippen LogP) is 3.71. The molecule has 0 saturated heterocycles. The maximum absolute atomic E-state index is 12.6. The van der Waals surface area contributed by atoms with Gasteiger partial charge in [0.15, 0.2) is 0 Å². The molecule has 2 N–H and O–H groups in total. The Morgan fingerprint density at radius 1 is 1.03 bits per heavy atom. The Bertz CT molecular complexity index is 1260. The Morgan fingerprint density at radius 3 is 2.23 bits per heavy atom. The minimum Gasteiger partial charge on any atom is -0.322 e. The number of sulfonamides is 1. The first-order valence-electron chi connectivity index (χ1n) is 8.75. The van der Waals surface area contributed by atoms with Gasteiger partial charge >= 0.3 is 0 Å². The number of nitrogens with one attached hydrogen (secondary N) is 2. The molecular weight excluding hydrogens is 446 g/mol. The molecule has 0 radical (unpaired) electrons. The first-order valence-corrected chi connectivity index (χ1v) is 10.6. The minimum absolute atomic E-state index is 0.0291. The number of amides is 1. The van der Waals surface area contributed by atoms with E-state index in [0.717, 1.165) is 6.07 Å². The number of aryl methyl sites for hydroxylation is 2. The zero-order valence-electron chi connectivity index (χ0n) is 16.3. The lowest BCUT2D eigenvalue weighted by Crippen LogP contribution is -2.16. The summed E-state index contributed by atoms with van der Waals surface area (Å²) in [5.74, 6) is -0.656. The highest BCUT2D eigenvalue weighted by atomic mass is 35.5. The molecule has 3 rings (SSSR count). The van der Waals surface area contributed by atoms with Crippen LogP contribution >= 0.6 is 11.6 Å². The monoisotopic (exact) mass is 461 g/mol. The average molecular weight is 462 g/mol. The topological polar surface area (TPSA) is 144 Å². The molecular formula is C19H16ClN5O5S. The number of carbonyl (C=O) groups excluding carboxylic acids is 1. The van der Waals surface area contributed by atoms with Gasteiger partial charge in [0.1, 0.15) is 5.02 Å². The van der Waals surface area contributed by atoms with Crippen LogP contribution in [0.4, 0.5) is 17.3 Å². The fourth-order valence-electron chi connectivity index (χ4n) is 2.67. The second-order valence-electron chi connectivity index (χ2n) is 6.48. The molecule has 0 aliphatic heterocycles. The second-order valence-corrected chi connectivity index (χ2v) is 8.57. The Labute approximate surface area is 182 Å². The number of carbonyl (C=O) groups is 1. The number of rotatable bonds is 6. The van der Waals surface area contributed by atoms with Crippen LogP contribution < -0.4 is 10.0 Å². The molecule has 0 spiro atoms. The van der Waals surface area contributed by atoms with Crippen molar-refractivity contribution in [1.29, 1.82) is 0 Å². The molecule has 0 atom stereocenters. The highest BCUT2D eigenvalue weighted by molar-refractivity contribution is 7.92. The van der Waals surface area contributed by atoms with Gasteiger partial charge in [-0.3, -0.25) is 14.9 Å². The zero-order valence-corrected chi connectivity index (χ0v) is 17.9. The number of hydrogen-bond acceptors (Lipinski definition) is 7. The third kappa shape index (κ3) is 5.32. The molecule has 0 aliphatic rings. The minimum atomic E-state index is -3.94. The smallest absolute Gasteiger partial charge is 0.288 e. The molecule has 0 unspecified atom stereocenters. The van der Waals surface area contributed by atoms with Gasteiger partial charge in [-0.1, -0.05) is 11.6 Å². The number of nitro groups is 1. The molecule has 0 bridgehead atoms. The Morgan fingerprint density at radius 2 is 1.65 bits per heavy atom. The van der Waals surface area contributed by atoms with Crippen LogP contribution in [0.2, 0.25) is 5.02 Å². The molecule has 12 heteroatoms. The fourth-order valence-corrected chi connectivity index (χ4v) is 3.80. The van der Waals surface area contributed by atoms with Crippen LogP contribution in [0.5, 0.6) is 0 Å². The van der Waals surface area contributed by atoms with Gasteiger partial charge in [0.05, 0.1) is 9.82 Å². The maximum Gasteiger partial charge on any atom is 0.288 e. The molecule has 1 heterocycles. The Balaban J connectivity index is 1.76. The lowest BCUT2D eigenvalue weighted by atomic mass is 10.2. The molecule has 0 aliphatic carbocycles. The summed E-state index contributed by atoms with van der Waals surface area (Å²) in [6.07, 6.45) is 0. The van der Waals surface area contributed by atoms with Crippen LogP contribution in [0.25, 0.3) is 0 Å². The van der Waals surface area contributed by atoms with Crippen LogP contribution in [-0.4, -0.2) is 29.2 Å². The summed E-state index contributed by atoms with van der Waals surface area (Å²) < 4.78 is 27.4. The van der Waals surface area contributed by atoms with E-state index in [-0.39, 0.29) is 21.4 Å². The maximum atomic E-state index is 12.6. The van der Waals surface area contributed by atoms with Crippen molar-refractivity contribution in [3.63, 3.8) is 0 Å². The van der Waals surface area contributed by atoms with Gasteiger partial charge < -0.3 is 5.32 Å². The van der Waals surface area contributed by atoms with Gasteiger partial charge in [0.2, 0.25) is 5.95 Å². The third-order valence-electron chi connectivity index (χ3n) is 4.04. The van der Waals surface area contributed by atoms with Gasteiger partial charge in [-0.2, -0.15) is 0 Å². The Kier molecular flexibility index (Phi) is 6.18. The predicted molar refractivity (Wildman–Crippen MR) is 115 cm³/mol. The molecule has 0 saturated carbocycles.